The van der Waals surface area contributed by atoms with Crippen molar-refractivity contribution in [3.05, 3.63) is 0 Å². The third-order valence-corrected chi connectivity index (χ3v) is 3.41. The first-order valence-electron chi connectivity index (χ1n) is 6.47. The van der Waals surface area contributed by atoms with Gasteiger partial charge in [0.05, 0.1) is 0 Å². The van der Waals surface area contributed by atoms with Crippen molar-refractivity contribution in [1.82, 2.24) is 5.32 Å². The molecular weight excluding hydrogens is 182 g/mol. The summed E-state index contributed by atoms with van der Waals surface area (Å²) in [5.41, 5.74) is 0.694. The average molecular weight is 211 g/mol. The summed E-state index contributed by atoms with van der Waals surface area (Å²) >= 11 is 0. The number of rotatable bonds is 3. The van der Waals surface area contributed by atoms with Crippen LogP contribution in [0.4, 0.5) is 0 Å². The van der Waals surface area contributed by atoms with Crippen LogP contribution in [-0.2, 0) is 0 Å². The maximum atomic E-state index is 3.86. The lowest BCUT2D eigenvalue weighted by Gasteiger charge is -2.37. The zero-order valence-electron chi connectivity index (χ0n) is 11.5. The van der Waals surface area contributed by atoms with Gasteiger partial charge in [-0.05, 0) is 44.4 Å². The largest absolute Gasteiger partial charge is 0.309 e. The number of hydrogen-bond donors (Lipinski definition) is 1. The second-order valence-corrected chi connectivity index (χ2v) is 7.28. The SMILES string of the molecule is CC1CCCC1NC(C)(C)CC(C)(C)C. The van der Waals surface area contributed by atoms with Crippen molar-refractivity contribution in [3.63, 3.8) is 0 Å². The van der Waals surface area contributed by atoms with Gasteiger partial charge >= 0.3 is 0 Å². The fourth-order valence-corrected chi connectivity index (χ4v) is 3.24. The molecule has 0 radical (unpaired) electrons. The normalized spacial score (nSPS) is 28.4. The van der Waals surface area contributed by atoms with Crippen LogP contribution in [0.3, 0.4) is 0 Å². The molecule has 0 spiro atoms. The molecule has 1 fully saturated rings. The Balaban J connectivity index is 2.48. The Hall–Kier alpha value is -0.0400. The van der Waals surface area contributed by atoms with Gasteiger partial charge in [-0.2, -0.15) is 0 Å². The van der Waals surface area contributed by atoms with Crippen LogP contribution < -0.4 is 5.32 Å². The zero-order valence-corrected chi connectivity index (χ0v) is 11.5. The molecule has 90 valence electrons. The predicted octanol–water partition coefficient (Wildman–Crippen LogP) is 3.98. The van der Waals surface area contributed by atoms with Gasteiger partial charge in [0.1, 0.15) is 0 Å². The quantitative estimate of drug-likeness (QED) is 0.744. The molecule has 1 N–H and O–H groups in total. The summed E-state index contributed by atoms with van der Waals surface area (Å²) in [5.74, 6) is 0.865. The molecule has 1 rings (SSSR count). The molecule has 1 aliphatic carbocycles. The summed E-state index contributed by atoms with van der Waals surface area (Å²) in [7, 11) is 0. The molecule has 0 bridgehead atoms. The summed E-state index contributed by atoms with van der Waals surface area (Å²) in [6.07, 6.45) is 5.42. The van der Waals surface area contributed by atoms with Crippen LogP contribution in [0.5, 0.6) is 0 Å². The van der Waals surface area contributed by atoms with Crippen LogP contribution in [-0.4, -0.2) is 11.6 Å². The van der Waals surface area contributed by atoms with Gasteiger partial charge in [0.2, 0.25) is 0 Å². The van der Waals surface area contributed by atoms with Crippen molar-refractivity contribution in [2.45, 2.75) is 78.8 Å². The summed E-state index contributed by atoms with van der Waals surface area (Å²) in [6, 6.07) is 0.752. The molecule has 1 saturated carbocycles. The molecule has 2 unspecified atom stereocenters. The molecule has 0 amide bonds. The van der Waals surface area contributed by atoms with Gasteiger partial charge in [0.15, 0.2) is 0 Å². The van der Waals surface area contributed by atoms with E-state index in [1.165, 1.54) is 25.7 Å². The minimum atomic E-state index is 0.279. The Labute approximate surface area is 96.0 Å². The molecule has 0 heterocycles. The van der Waals surface area contributed by atoms with E-state index in [-0.39, 0.29) is 5.54 Å². The van der Waals surface area contributed by atoms with Crippen molar-refractivity contribution in [2.24, 2.45) is 11.3 Å². The van der Waals surface area contributed by atoms with Crippen molar-refractivity contribution >= 4 is 0 Å². The van der Waals surface area contributed by atoms with Crippen LogP contribution in [0.15, 0.2) is 0 Å². The third-order valence-electron chi connectivity index (χ3n) is 3.41. The van der Waals surface area contributed by atoms with E-state index in [0.29, 0.717) is 5.41 Å². The van der Waals surface area contributed by atoms with E-state index in [1.807, 2.05) is 0 Å². The zero-order chi connectivity index (χ0) is 11.7. The summed E-state index contributed by atoms with van der Waals surface area (Å²) in [4.78, 5) is 0. The van der Waals surface area contributed by atoms with Gasteiger partial charge in [-0.15, -0.1) is 0 Å². The Morgan fingerprint density at radius 1 is 1.07 bits per heavy atom. The third kappa shape index (κ3) is 4.55. The molecule has 0 aliphatic heterocycles. The number of nitrogens with one attached hydrogen (secondary N) is 1. The Morgan fingerprint density at radius 3 is 2.07 bits per heavy atom. The molecule has 2 atom stereocenters. The van der Waals surface area contributed by atoms with Crippen LogP contribution in [0.1, 0.15) is 67.2 Å². The van der Waals surface area contributed by atoms with Gasteiger partial charge in [-0.25, -0.2) is 0 Å². The highest BCUT2D eigenvalue weighted by Crippen LogP contribution is 2.31. The van der Waals surface area contributed by atoms with Crippen LogP contribution in [0.2, 0.25) is 0 Å². The van der Waals surface area contributed by atoms with Crippen molar-refractivity contribution < 1.29 is 0 Å². The molecule has 1 nitrogen and oxygen atoms in total. The van der Waals surface area contributed by atoms with Crippen molar-refractivity contribution in [1.29, 1.82) is 0 Å². The first kappa shape index (κ1) is 13.0. The maximum absolute atomic E-state index is 3.86. The van der Waals surface area contributed by atoms with E-state index in [4.69, 9.17) is 0 Å². The maximum Gasteiger partial charge on any atom is 0.0132 e. The van der Waals surface area contributed by atoms with Gasteiger partial charge in [0, 0.05) is 11.6 Å². The highest BCUT2D eigenvalue weighted by Gasteiger charge is 2.31. The van der Waals surface area contributed by atoms with E-state index in [9.17, 15) is 0 Å². The minimum Gasteiger partial charge on any atom is -0.309 e. The summed E-state index contributed by atoms with van der Waals surface area (Å²) in [6.45, 7) is 14.1. The second kappa shape index (κ2) is 4.45. The molecule has 0 aromatic rings. The van der Waals surface area contributed by atoms with E-state index in [0.717, 1.165) is 12.0 Å². The Morgan fingerprint density at radius 2 is 1.67 bits per heavy atom. The van der Waals surface area contributed by atoms with Crippen LogP contribution in [0, 0.1) is 11.3 Å². The van der Waals surface area contributed by atoms with Gasteiger partial charge in [0.25, 0.3) is 0 Å². The Kier molecular flexibility index (Phi) is 3.86. The topological polar surface area (TPSA) is 12.0 Å². The van der Waals surface area contributed by atoms with Crippen molar-refractivity contribution in [2.75, 3.05) is 0 Å². The lowest BCUT2D eigenvalue weighted by atomic mass is 9.81. The highest BCUT2D eigenvalue weighted by molar-refractivity contribution is 4.90. The second-order valence-electron chi connectivity index (χ2n) is 7.28. The number of hydrogen-bond acceptors (Lipinski definition) is 1. The smallest absolute Gasteiger partial charge is 0.0132 e. The first-order valence-corrected chi connectivity index (χ1v) is 6.47. The fourth-order valence-electron chi connectivity index (χ4n) is 3.24. The molecule has 15 heavy (non-hydrogen) atoms. The molecule has 0 aromatic carbocycles. The standard InChI is InChI=1S/C14H29N/c1-11-8-7-9-12(11)15-14(5,6)10-13(2,3)4/h11-12,15H,7-10H2,1-6H3. The average Bonchev–Trinajstić information content (AvgIpc) is 2.29. The van der Waals surface area contributed by atoms with Crippen LogP contribution >= 0.6 is 0 Å². The molecule has 1 aliphatic rings. The van der Waals surface area contributed by atoms with E-state index in [2.05, 4.69) is 46.9 Å². The lowest BCUT2D eigenvalue weighted by molar-refractivity contribution is 0.210. The monoisotopic (exact) mass is 211 g/mol. The van der Waals surface area contributed by atoms with Gasteiger partial charge in [-0.3, -0.25) is 0 Å². The molecule has 0 saturated heterocycles. The lowest BCUT2D eigenvalue weighted by Crippen LogP contribution is -2.48. The van der Waals surface area contributed by atoms with E-state index >= 15 is 0 Å². The molecule has 0 aromatic heterocycles. The van der Waals surface area contributed by atoms with E-state index < -0.39 is 0 Å². The first-order chi connectivity index (χ1) is 6.70. The Bertz CT molecular complexity index is 200. The summed E-state index contributed by atoms with van der Waals surface area (Å²) in [5, 5.41) is 3.86. The predicted molar refractivity (Wildman–Crippen MR) is 68.1 cm³/mol. The highest BCUT2D eigenvalue weighted by atomic mass is 15.0. The molecule has 1 heteroatoms. The van der Waals surface area contributed by atoms with Crippen molar-refractivity contribution in [3.8, 4) is 0 Å². The molecular formula is C14H29N. The fraction of sp³-hybridized carbons (Fsp3) is 1.00. The van der Waals surface area contributed by atoms with Gasteiger partial charge < -0.3 is 5.32 Å². The van der Waals surface area contributed by atoms with Crippen LogP contribution in [0.25, 0.3) is 0 Å². The summed E-state index contributed by atoms with van der Waals surface area (Å²) < 4.78 is 0. The van der Waals surface area contributed by atoms with Gasteiger partial charge in [-0.1, -0.05) is 34.1 Å². The minimum absolute atomic E-state index is 0.279. The van der Waals surface area contributed by atoms with E-state index in [1.54, 1.807) is 0 Å².